The van der Waals surface area contributed by atoms with Crippen LogP contribution in [0.1, 0.15) is 82.0 Å². The summed E-state index contributed by atoms with van der Waals surface area (Å²) in [6, 6.07) is 14.9. The molecule has 3 N–H and O–H groups in total. The van der Waals surface area contributed by atoms with Crippen LogP contribution in [0.3, 0.4) is 0 Å². The summed E-state index contributed by atoms with van der Waals surface area (Å²) < 4.78 is 18.3. The lowest BCUT2D eigenvalue weighted by Gasteiger charge is -2.28. The lowest BCUT2D eigenvalue weighted by atomic mass is 9.91. The Balaban J connectivity index is 0.929. The summed E-state index contributed by atoms with van der Waals surface area (Å²) in [5, 5.41) is 22.0. The number of benzene rings is 2. The molecule has 0 saturated carbocycles. The number of amides is 3. The summed E-state index contributed by atoms with van der Waals surface area (Å²) in [5.74, 6) is -0.233. The minimum atomic E-state index is -0.831. The molecule has 1 saturated heterocycles. The van der Waals surface area contributed by atoms with E-state index in [1.807, 2.05) is 76.5 Å². The van der Waals surface area contributed by atoms with Crippen molar-refractivity contribution in [1.82, 2.24) is 30.3 Å². The maximum absolute atomic E-state index is 13.9. The molecule has 3 amide bonds. The topological polar surface area (TPSA) is 185 Å². The molecule has 2 aromatic carbocycles. The van der Waals surface area contributed by atoms with Crippen molar-refractivity contribution in [2.45, 2.75) is 97.9 Å². The zero-order valence-corrected chi connectivity index (χ0v) is 38.9. The van der Waals surface area contributed by atoms with Crippen molar-refractivity contribution in [2.24, 2.45) is 5.92 Å². The van der Waals surface area contributed by atoms with Crippen LogP contribution in [-0.4, -0.2) is 93.0 Å². The van der Waals surface area contributed by atoms with E-state index in [1.54, 1.807) is 55.1 Å². The van der Waals surface area contributed by atoms with Gasteiger partial charge in [0.15, 0.2) is 5.13 Å². The average Bonchev–Trinajstić information content (AvgIpc) is 4.08. The molecule has 0 spiro atoms. The number of aromatic nitrogens is 4. The number of hydrogen-bond acceptors (Lipinski definition) is 14. The monoisotopic (exact) mass is 908 g/mol. The number of unbranched alkanes of at least 4 members (excludes halogenated alkanes) is 2. The van der Waals surface area contributed by atoms with Crippen LogP contribution in [0, 0.1) is 19.8 Å². The molecule has 3 atom stereocenters. The number of nitrogens with one attached hydrogen (secondary N) is 2. The van der Waals surface area contributed by atoms with Crippen molar-refractivity contribution in [2.75, 3.05) is 37.0 Å². The Bertz CT molecular complexity index is 2570. The molecular weight excluding hydrogens is 853 g/mol. The highest BCUT2D eigenvalue weighted by Gasteiger charge is 2.43. The van der Waals surface area contributed by atoms with E-state index in [2.05, 4.69) is 31.8 Å². The molecule has 15 nitrogen and oxygen atoms in total. The van der Waals surface area contributed by atoms with Crippen LogP contribution in [0.15, 0.2) is 71.0 Å². The van der Waals surface area contributed by atoms with Gasteiger partial charge in [0.1, 0.15) is 23.5 Å². The molecule has 64 heavy (non-hydrogen) atoms. The number of ether oxygens (including phenoxy) is 2. The van der Waals surface area contributed by atoms with Crippen LogP contribution in [0.2, 0.25) is 0 Å². The first-order valence-electron chi connectivity index (χ1n) is 21.7. The first-order valence-corrected chi connectivity index (χ1v) is 23.3. The summed E-state index contributed by atoms with van der Waals surface area (Å²) in [7, 11) is 1.67. The smallest absolute Gasteiger partial charge is 0.414 e. The fourth-order valence-electron chi connectivity index (χ4n) is 7.72. The molecule has 5 heterocycles. The molecule has 4 aromatic heterocycles. The normalized spacial score (nSPS) is 15.5. The lowest BCUT2D eigenvalue weighted by Crippen LogP contribution is -2.48. The third-order valence-electron chi connectivity index (χ3n) is 11.1. The highest BCUT2D eigenvalue weighted by atomic mass is 32.1. The highest BCUT2D eigenvalue weighted by molar-refractivity contribution is 7.22. The van der Waals surface area contributed by atoms with Crippen molar-refractivity contribution in [3.63, 3.8) is 0 Å². The number of aliphatic hydroxyl groups is 1. The van der Waals surface area contributed by atoms with Gasteiger partial charge in [0.05, 0.1) is 62.7 Å². The minimum Gasteiger partial charge on any atom is -0.493 e. The van der Waals surface area contributed by atoms with E-state index in [-0.39, 0.29) is 43.3 Å². The number of hydrogen-bond donors (Lipinski definition) is 3. The van der Waals surface area contributed by atoms with E-state index in [0.717, 1.165) is 74.0 Å². The van der Waals surface area contributed by atoms with E-state index < -0.39 is 24.2 Å². The zero-order valence-electron chi connectivity index (χ0n) is 37.3. The number of β-amino-alcohol motifs (C(OH)–C–C–N with tert-alkyl or cyclic N) is 1. The third kappa shape index (κ3) is 11.1. The molecule has 0 bridgehead atoms. The van der Waals surface area contributed by atoms with Crippen molar-refractivity contribution >= 4 is 61.6 Å². The zero-order chi connectivity index (χ0) is 45.5. The molecule has 0 radical (unpaired) electrons. The maximum Gasteiger partial charge on any atom is 0.414 e. The summed E-state index contributed by atoms with van der Waals surface area (Å²) in [4.78, 5) is 57.7. The number of likely N-dealkylation sites (tertiary alicyclic amines) is 1. The van der Waals surface area contributed by atoms with Crippen LogP contribution in [0.25, 0.3) is 31.8 Å². The molecule has 7 rings (SSSR count). The Morgan fingerprint density at radius 2 is 1.81 bits per heavy atom. The van der Waals surface area contributed by atoms with Gasteiger partial charge >= 0.3 is 6.09 Å². The van der Waals surface area contributed by atoms with Gasteiger partial charge in [0.25, 0.3) is 0 Å². The van der Waals surface area contributed by atoms with Gasteiger partial charge in [-0.15, -0.1) is 11.3 Å². The Labute approximate surface area is 381 Å². The number of fused-ring (bicyclic) bond motifs is 1. The molecule has 0 unspecified atom stereocenters. The van der Waals surface area contributed by atoms with Crippen LogP contribution in [0.4, 0.5) is 15.6 Å². The number of aryl methyl sites for hydroxylation is 2. The van der Waals surface area contributed by atoms with Gasteiger partial charge in [-0.3, -0.25) is 19.5 Å². The molecule has 1 aliphatic heterocycles. The predicted molar refractivity (Wildman–Crippen MR) is 250 cm³/mol. The number of thiazole rings is 2. The van der Waals surface area contributed by atoms with Gasteiger partial charge < -0.3 is 34.6 Å². The number of aliphatic hydroxyl groups excluding tert-OH is 1. The second kappa shape index (κ2) is 20.7. The molecule has 6 aromatic rings. The molecule has 1 aliphatic rings. The number of nitrogens with zero attached hydrogens (tertiary/aromatic N) is 6. The van der Waals surface area contributed by atoms with Crippen LogP contribution >= 0.6 is 22.7 Å². The average molecular weight is 909 g/mol. The molecule has 0 aliphatic carbocycles. The van der Waals surface area contributed by atoms with E-state index in [0.29, 0.717) is 29.5 Å². The number of carbonyl (C=O) groups is 3. The Morgan fingerprint density at radius 3 is 2.55 bits per heavy atom. The standard InChI is InChI=1S/C47H56N8O7S2/c1-27(2)42(40-17-29(5)53-62-40)45(58)55-25-36(56)21-38(55)44(57)50-23-33-12-11-32(43-30(6)51-26-63-43)19-39(33)60-16-10-8-9-15-49-46-52-37-14-13-31(20-41(37)64-46)34-18-35(24-48-22-34)54(7)47(59)61-28(3)4/h11-14,17-20,22,24,26-28,36,38,42,56H,8-10,15-16,21,23,25H2,1-7H3,(H,49,52)(H,50,57)/t36-,38+,42-/m1/s1. The molecule has 1 fully saturated rings. The number of pyridine rings is 1. The van der Waals surface area contributed by atoms with Gasteiger partial charge in [0, 0.05) is 56.5 Å². The van der Waals surface area contributed by atoms with E-state index in [9.17, 15) is 19.5 Å². The van der Waals surface area contributed by atoms with Gasteiger partial charge in [-0.05, 0) is 88.3 Å². The fraction of sp³-hybridized carbons (Fsp3) is 0.426. The molecular formula is C47H56N8O7S2. The minimum absolute atomic E-state index is 0.0643. The SMILES string of the molecule is Cc1cc([C@H](C(=O)N2C[C@H](O)C[C@H]2C(=O)NCc2ccc(-c3scnc3C)cc2OCCCCCNc2nc3ccc(-c4cncc(N(C)C(=O)OC(C)C)c4)cc3s2)C(C)C)on1. The Kier molecular flexibility index (Phi) is 14.9. The van der Waals surface area contributed by atoms with Gasteiger partial charge in [-0.1, -0.05) is 48.5 Å². The van der Waals surface area contributed by atoms with Gasteiger partial charge in [0.2, 0.25) is 11.8 Å². The highest BCUT2D eigenvalue weighted by Crippen LogP contribution is 2.35. The van der Waals surface area contributed by atoms with Crippen molar-refractivity contribution in [3.8, 4) is 27.3 Å². The number of anilines is 2. The van der Waals surface area contributed by atoms with E-state index in [4.69, 9.17) is 19.0 Å². The van der Waals surface area contributed by atoms with Gasteiger partial charge in [-0.25, -0.2) is 14.8 Å². The maximum atomic E-state index is 13.9. The van der Waals surface area contributed by atoms with Crippen molar-refractivity contribution < 1.29 is 33.5 Å². The largest absolute Gasteiger partial charge is 0.493 e. The van der Waals surface area contributed by atoms with Crippen LogP contribution in [-0.2, 0) is 20.9 Å². The quantitative estimate of drug-likeness (QED) is 0.0698. The van der Waals surface area contributed by atoms with E-state index >= 15 is 0 Å². The summed E-state index contributed by atoms with van der Waals surface area (Å²) in [6.07, 6.45) is 4.74. The summed E-state index contributed by atoms with van der Waals surface area (Å²) in [5.41, 5.74) is 8.61. The second-order valence-electron chi connectivity index (χ2n) is 16.8. The third-order valence-corrected chi connectivity index (χ3v) is 13.0. The second-order valence-corrected chi connectivity index (χ2v) is 18.6. The van der Waals surface area contributed by atoms with Crippen molar-refractivity contribution in [1.29, 1.82) is 0 Å². The number of rotatable bonds is 18. The number of carbonyl (C=O) groups excluding carboxylic acids is 3. The Morgan fingerprint density at radius 1 is 1.00 bits per heavy atom. The van der Waals surface area contributed by atoms with Crippen LogP contribution < -0.4 is 20.3 Å². The van der Waals surface area contributed by atoms with Crippen molar-refractivity contribution in [3.05, 3.63) is 89.1 Å². The first kappa shape index (κ1) is 46.1. The molecule has 338 valence electrons. The van der Waals surface area contributed by atoms with Crippen LogP contribution in [0.5, 0.6) is 5.75 Å². The fourth-order valence-corrected chi connectivity index (χ4v) is 9.45. The molecule has 17 heteroatoms. The first-order chi connectivity index (χ1) is 30.7. The van der Waals surface area contributed by atoms with Gasteiger partial charge in [-0.2, -0.15) is 0 Å². The Hall–Kier alpha value is -5.91. The van der Waals surface area contributed by atoms with E-state index in [1.165, 1.54) is 9.80 Å². The predicted octanol–water partition coefficient (Wildman–Crippen LogP) is 8.75. The summed E-state index contributed by atoms with van der Waals surface area (Å²) in [6.45, 7) is 12.7. The lowest BCUT2D eigenvalue weighted by molar-refractivity contribution is -0.141. The summed E-state index contributed by atoms with van der Waals surface area (Å²) >= 11 is 3.15.